The number of ether oxygens (including phenoxy) is 3. The number of hydrogen-bond acceptors (Lipinski definition) is 7. The van der Waals surface area contributed by atoms with Crippen LogP contribution in [-0.2, 0) is 19.6 Å². The molecule has 232 valence electrons. The van der Waals surface area contributed by atoms with Crippen molar-refractivity contribution >= 4 is 23.2 Å². The van der Waals surface area contributed by atoms with Crippen LogP contribution in [0, 0.1) is 17.2 Å². The van der Waals surface area contributed by atoms with Gasteiger partial charge in [-0.1, -0.05) is 53.5 Å². The smallest absolute Gasteiger partial charge is 0.142 e. The van der Waals surface area contributed by atoms with E-state index in [0.717, 1.165) is 48.2 Å². The van der Waals surface area contributed by atoms with Gasteiger partial charge in [0.15, 0.2) is 0 Å². The lowest BCUT2D eigenvalue weighted by atomic mass is 9.96. The van der Waals surface area contributed by atoms with Gasteiger partial charge in [-0.2, -0.15) is 5.26 Å². The summed E-state index contributed by atoms with van der Waals surface area (Å²) in [6.07, 6.45) is 6.88. The number of nitrogens with zero attached hydrogens (tertiary/aromatic N) is 3. The summed E-state index contributed by atoms with van der Waals surface area (Å²) in [6.45, 7) is 2.76. The van der Waals surface area contributed by atoms with Crippen LogP contribution in [0.3, 0.4) is 0 Å². The van der Waals surface area contributed by atoms with E-state index in [1.165, 1.54) is 24.6 Å². The first kappa shape index (κ1) is 31.2. The SMILES string of the molecule is CN1CCCC(COc2cccc(-c3cccc4c3CCC4Oc3cc(OCc4cncc(C#N)c4)c(CO)cc3Cl)c2Cl)C1. The summed E-state index contributed by atoms with van der Waals surface area (Å²) < 4.78 is 18.8. The molecule has 0 spiro atoms. The molecule has 9 heteroatoms. The molecule has 3 aromatic carbocycles. The molecule has 1 fully saturated rings. The minimum atomic E-state index is -0.247. The van der Waals surface area contributed by atoms with Gasteiger partial charge in [-0.05, 0) is 74.2 Å². The summed E-state index contributed by atoms with van der Waals surface area (Å²) in [4.78, 5) is 6.45. The van der Waals surface area contributed by atoms with E-state index in [9.17, 15) is 10.4 Å². The third-order valence-corrected chi connectivity index (χ3v) is 9.22. The van der Waals surface area contributed by atoms with Crippen LogP contribution in [-0.4, -0.2) is 41.7 Å². The number of fused-ring (bicyclic) bond motifs is 1. The van der Waals surface area contributed by atoms with E-state index >= 15 is 0 Å². The maximum Gasteiger partial charge on any atom is 0.142 e. The molecule has 2 heterocycles. The number of benzene rings is 3. The Hall–Kier alpha value is -3.80. The molecule has 1 N–H and O–H groups in total. The van der Waals surface area contributed by atoms with E-state index in [-0.39, 0.29) is 19.3 Å². The summed E-state index contributed by atoms with van der Waals surface area (Å²) >= 11 is 13.6. The number of rotatable bonds is 10. The van der Waals surface area contributed by atoms with E-state index in [1.807, 2.05) is 24.3 Å². The number of piperidine rings is 1. The number of aliphatic hydroxyl groups is 1. The molecule has 7 nitrogen and oxygen atoms in total. The standard InChI is InChI=1S/C36H35Cl2N3O4/c1-41-12-4-5-23(19-41)21-43-33-9-3-8-30(36(33)38)27-6-2-7-29-28(27)10-11-32(29)45-35-15-34(26(20-42)14-31(35)37)44-22-25-13-24(16-39)17-40-18-25/h2-3,6-9,13-15,17-18,23,32,42H,4-5,10-12,19-22H2,1H3. The highest BCUT2D eigenvalue weighted by atomic mass is 35.5. The average Bonchev–Trinajstić information content (AvgIpc) is 3.47. The van der Waals surface area contributed by atoms with Gasteiger partial charge in [-0.3, -0.25) is 4.98 Å². The predicted octanol–water partition coefficient (Wildman–Crippen LogP) is 7.79. The molecule has 1 aliphatic carbocycles. The second-order valence-corrected chi connectivity index (χ2v) is 12.5. The molecule has 2 atom stereocenters. The van der Waals surface area contributed by atoms with Crippen molar-refractivity contribution in [2.75, 3.05) is 26.7 Å². The lowest BCUT2D eigenvalue weighted by Gasteiger charge is -2.29. The molecule has 1 aliphatic heterocycles. The van der Waals surface area contributed by atoms with Gasteiger partial charge in [0.25, 0.3) is 0 Å². The van der Waals surface area contributed by atoms with Crippen molar-refractivity contribution in [3.05, 3.63) is 105 Å². The zero-order valence-corrected chi connectivity index (χ0v) is 26.7. The van der Waals surface area contributed by atoms with Crippen molar-refractivity contribution in [2.24, 2.45) is 5.92 Å². The Morgan fingerprint density at radius 1 is 1.00 bits per heavy atom. The van der Waals surface area contributed by atoms with Crippen molar-refractivity contribution in [3.8, 4) is 34.4 Å². The number of hydrogen-bond donors (Lipinski definition) is 1. The third-order valence-electron chi connectivity index (χ3n) is 8.54. The molecule has 2 aliphatic rings. The fourth-order valence-electron chi connectivity index (χ4n) is 6.30. The minimum absolute atomic E-state index is 0.174. The van der Waals surface area contributed by atoms with Crippen molar-refractivity contribution in [1.29, 1.82) is 5.26 Å². The zero-order chi connectivity index (χ0) is 31.3. The summed E-state index contributed by atoms with van der Waals surface area (Å²) in [5.74, 6) is 2.13. The number of aromatic nitrogens is 1. The first-order valence-electron chi connectivity index (χ1n) is 15.2. The molecule has 0 saturated carbocycles. The van der Waals surface area contributed by atoms with Gasteiger partial charge in [0.2, 0.25) is 0 Å². The fourth-order valence-corrected chi connectivity index (χ4v) is 6.82. The molecule has 1 aromatic heterocycles. The van der Waals surface area contributed by atoms with Gasteiger partial charge in [-0.25, -0.2) is 0 Å². The summed E-state index contributed by atoms with van der Waals surface area (Å²) in [7, 11) is 2.16. The average molecular weight is 645 g/mol. The van der Waals surface area contributed by atoms with Crippen LogP contribution < -0.4 is 14.2 Å². The topological polar surface area (TPSA) is 87.8 Å². The Bertz CT molecular complexity index is 1720. The lowest BCUT2D eigenvalue weighted by Crippen LogP contribution is -2.34. The largest absolute Gasteiger partial charge is 0.492 e. The van der Waals surface area contributed by atoms with Gasteiger partial charge in [0, 0.05) is 47.6 Å². The van der Waals surface area contributed by atoms with Crippen LogP contribution in [0.4, 0.5) is 0 Å². The summed E-state index contributed by atoms with van der Waals surface area (Å²) in [6, 6.07) is 19.4. The van der Waals surface area contributed by atoms with Crippen LogP contribution in [0.1, 0.15) is 53.2 Å². The van der Waals surface area contributed by atoms with Crippen LogP contribution in [0.25, 0.3) is 11.1 Å². The maximum atomic E-state index is 9.96. The zero-order valence-electron chi connectivity index (χ0n) is 25.1. The quantitative estimate of drug-likeness (QED) is 0.189. The van der Waals surface area contributed by atoms with E-state index in [4.69, 9.17) is 37.4 Å². The molecule has 1 saturated heterocycles. The van der Waals surface area contributed by atoms with Crippen molar-refractivity contribution in [1.82, 2.24) is 9.88 Å². The highest BCUT2D eigenvalue weighted by Crippen LogP contribution is 2.45. The Balaban J connectivity index is 1.20. The second kappa shape index (κ2) is 14.1. The second-order valence-electron chi connectivity index (χ2n) is 11.7. The summed E-state index contributed by atoms with van der Waals surface area (Å²) in [5.41, 5.74) is 6.03. The van der Waals surface area contributed by atoms with Gasteiger partial charge in [0.05, 0.1) is 28.8 Å². The van der Waals surface area contributed by atoms with Crippen LogP contribution in [0.15, 0.2) is 67.0 Å². The van der Waals surface area contributed by atoms with Crippen molar-refractivity contribution < 1.29 is 19.3 Å². The molecule has 45 heavy (non-hydrogen) atoms. The van der Waals surface area contributed by atoms with Gasteiger partial charge in [-0.15, -0.1) is 0 Å². The molecular formula is C36H35Cl2N3O4. The normalized spacial score (nSPS) is 17.8. The first-order valence-corrected chi connectivity index (χ1v) is 16.0. The number of likely N-dealkylation sites (tertiary alicyclic amines) is 1. The van der Waals surface area contributed by atoms with Gasteiger partial charge in [0.1, 0.15) is 36.0 Å². The number of nitriles is 1. The molecule has 2 unspecified atom stereocenters. The van der Waals surface area contributed by atoms with Gasteiger partial charge < -0.3 is 24.2 Å². The maximum absolute atomic E-state index is 9.96. The molecule has 6 rings (SSSR count). The monoisotopic (exact) mass is 643 g/mol. The number of aliphatic hydroxyl groups excluding tert-OH is 1. The van der Waals surface area contributed by atoms with Crippen molar-refractivity contribution in [2.45, 2.75) is 45.0 Å². The lowest BCUT2D eigenvalue weighted by molar-refractivity contribution is 0.150. The minimum Gasteiger partial charge on any atom is -0.492 e. The number of pyridine rings is 1. The Morgan fingerprint density at radius 3 is 2.67 bits per heavy atom. The van der Waals surface area contributed by atoms with E-state index < -0.39 is 0 Å². The van der Waals surface area contributed by atoms with E-state index in [1.54, 1.807) is 24.4 Å². The third kappa shape index (κ3) is 7.05. The predicted molar refractivity (Wildman–Crippen MR) is 175 cm³/mol. The van der Waals surface area contributed by atoms with Crippen LogP contribution >= 0.6 is 23.2 Å². The fraction of sp³-hybridized carbons (Fsp3) is 0.333. The van der Waals surface area contributed by atoms with Gasteiger partial charge >= 0.3 is 0 Å². The van der Waals surface area contributed by atoms with Crippen LogP contribution in [0.5, 0.6) is 17.2 Å². The molecule has 0 bridgehead atoms. The Labute approximate surface area is 273 Å². The Kier molecular flexibility index (Phi) is 9.77. The molecule has 0 radical (unpaired) electrons. The number of halogens is 2. The van der Waals surface area contributed by atoms with E-state index in [2.05, 4.69) is 35.1 Å². The highest BCUT2D eigenvalue weighted by Gasteiger charge is 2.29. The Morgan fingerprint density at radius 2 is 1.84 bits per heavy atom. The molecule has 4 aromatic rings. The highest BCUT2D eigenvalue weighted by molar-refractivity contribution is 6.35. The van der Waals surface area contributed by atoms with Crippen LogP contribution in [0.2, 0.25) is 10.0 Å². The molecular weight excluding hydrogens is 609 g/mol. The first-order chi connectivity index (χ1) is 21.9. The summed E-state index contributed by atoms with van der Waals surface area (Å²) in [5, 5.41) is 20.2. The van der Waals surface area contributed by atoms with E-state index in [0.29, 0.717) is 50.9 Å². The van der Waals surface area contributed by atoms with Crippen molar-refractivity contribution in [3.63, 3.8) is 0 Å². The molecule has 0 amide bonds.